The Kier molecular flexibility index (Phi) is 5.62. The molecule has 1 aliphatic rings. The minimum Gasteiger partial charge on any atom is -0.406 e. The zero-order valence-electron chi connectivity index (χ0n) is 16.3. The number of rotatable bonds is 4. The topological polar surface area (TPSA) is 63.5 Å². The molecule has 1 aromatic heterocycles. The summed E-state index contributed by atoms with van der Waals surface area (Å²) < 4.78 is 57.3. The number of aliphatic hydroxyl groups is 1. The van der Waals surface area contributed by atoms with Crippen LogP contribution in [0.15, 0.2) is 48.7 Å². The fourth-order valence-corrected chi connectivity index (χ4v) is 3.96. The molecule has 164 valence electrons. The van der Waals surface area contributed by atoms with E-state index in [4.69, 9.17) is 0 Å². The predicted molar refractivity (Wildman–Crippen MR) is 106 cm³/mol. The number of hydrogen-bond acceptors (Lipinski definition) is 3. The minimum atomic E-state index is -4.81. The van der Waals surface area contributed by atoms with Crippen LogP contribution in [0.1, 0.15) is 36.0 Å². The molecular weight excluding hydrogens is 416 g/mol. The van der Waals surface area contributed by atoms with E-state index in [9.17, 15) is 27.5 Å². The molecule has 2 aromatic carbocycles. The fourth-order valence-electron chi connectivity index (χ4n) is 3.96. The summed E-state index contributed by atoms with van der Waals surface area (Å²) in [6, 6.07) is 8.99. The van der Waals surface area contributed by atoms with Crippen molar-refractivity contribution in [2.45, 2.75) is 44.2 Å². The lowest BCUT2D eigenvalue weighted by Gasteiger charge is -2.28. The number of benzene rings is 2. The summed E-state index contributed by atoms with van der Waals surface area (Å²) in [6.07, 6.45) is -1.03. The van der Waals surface area contributed by atoms with Crippen molar-refractivity contribution in [2.75, 3.05) is 0 Å². The maximum absolute atomic E-state index is 14.7. The molecule has 2 atom stereocenters. The average Bonchev–Trinajstić information content (AvgIpc) is 3.10. The highest BCUT2D eigenvalue weighted by molar-refractivity contribution is 6.07. The first-order chi connectivity index (χ1) is 14.7. The van der Waals surface area contributed by atoms with Gasteiger partial charge in [-0.15, -0.1) is 13.2 Å². The first-order valence-corrected chi connectivity index (χ1v) is 9.87. The first kappa shape index (κ1) is 21.2. The van der Waals surface area contributed by atoms with Crippen molar-refractivity contribution in [2.24, 2.45) is 0 Å². The smallest absolute Gasteiger partial charge is 0.406 e. The number of aliphatic hydroxyl groups excluding tert-OH is 1. The number of halogens is 4. The molecule has 0 bridgehead atoms. The molecule has 1 amide bonds. The second-order valence-electron chi connectivity index (χ2n) is 7.52. The van der Waals surface area contributed by atoms with Crippen LogP contribution in [0.5, 0.6) is 5.75 Å². The number of carbonyl (C=O) groups is 1. The van der Waals surface area contributed by atoms with Crippen LogP contribution in [-0.4, -0.2) is 34.1 Å². The summed E-state index contributed by atoms with van der Waals surface area (Å²) in [5.41, 5.74) is 0.905. The Morgan fingerprint density at radius 2 is 1.81 bits per heavy atom. The van der Waals surface area contributed by atoms with E-state index in [0.29, 0.717) is 24.0 Å². The lowest BCUT2D eigenvalue weighted by atomic mass is 9.92. The van der Waals surface area contributed by atoms with Gasteiger partial charge in [0.25, 0.3) is 5.91 Å². The summed E-state index contributed by atoms with van der Waals surface area (Å²) in [7, 11) is 0. The number of hydrogen-bond donors (Lipinski definition) is 2. The maximum atomic E-state index is 14.7. The van der Waals surface area contributed by atoms with Crippen LogP contribution in [0, 0.1) is 5.82 Å². The van der Waals surface area contributed by atoms with Crippen LogP contribution in [0.4, 0.5) is 17.6 Å². The van der Waals surface area contributed by atoms with Crippen molar-refractivity contribution in [3.8, 4) is 11.4 Å². The van der Waals surface area contributed by atoms with Gasteiger partial charge in [-0.05, 0) is 49.2 Å². The third-order valence-corrected chi connectivity index (χ3v) is 5.42. The minimum absolute atomic E-state index is 0.0847. The third kappa shape index (κ3) is 4.51. The van der Waals surface area contributed by atoms with Crippen molar-refractivity contribution >= 4 is 16.8 Å². The Bertz CT molecular complexity index is 1090. The molecule has 0 radical (unpaired) electrons. The zero-order valence-corrected chi connectivity index (χ0v) is 16.3. The summed E-state index contributed by atoms with van der Waals surface area (Å²) >= 11 is 0. The van der Waals surface area contributed by atoms with Gasteiger partial charge in [0.1, 0.15) is 11.6 Å². The maximum Gasteiger partial charge on any atom is 0.573 e. The Balaban J connectivity index is 1.69. The molecule has 1 saturated carbocycles. The van der Waals surface area contributed by atoms with E-state index in [1.807, 2.05) is 0 Å². The van der Waals surface area contributed by atoms with Crippen molar-refractivity contribution < 1.29 is 32.2 Å². The van der Waals surface area contributed by atoms with Crippen molar-refractivity contribution in [1.29, 1.82) is 0 Å². The molecule has 5 nitrogen and oxygen atoms in total. The Morgan fingerprint density at radius 1 is 1.10 bits per heavy atom. The highest BCUT2D eigenvalue weighted by Crippen LogP contribution is 2.30. The number of aromatic nitrogens is 1. The van der Waals surface area contributed by atoms with Gasteiger partial charge in [-0.1, -0.05) is 18.9 Å². The Labute approximate surface area is 175 Å². The van der Waals surface area contributed by atoms with Gasteiger partial charge in [0.05, 0.1) is 23.2 Å². The standard InChI is InChI=1S/C22H20F4N2O3/c23-16-4-3-6-18-20(16)15(21(30)27-17-5-1-2-7-19(17)29)12-28(18)13-8-10-14(11-9-13)31-22(24,25)26/h3-4,6,8-12,17,19,29H,1-2,5,7H2,(H,27,30)/t17-,19-/m0/s1. The number of ether oxygens (including phenoxy) is 1. The van der Waals surface area contributed by atoms with Gasteiger partial charge >= 0.3 is 6.36 Å². The van der Waals surface area contributed by atoms with Gasteiger partial charge in [0.2, 0.25) is 0 Å². The molecule has 2 N–H and O–H groups in total. The Hall–Kier alpha value is -3.07. The van der Waals surface area contributed by atoms with E-state index in [0.717, 1.165) is 25.0 Å². The van der Waals surface area contributed by atoms with Gasteiger partial charge in [-0.25, -0.2) is 4.39 Å². The average molecular weight is 436 g/mol. The molecule has 1 fully saturated rings. The highest BCUT2D eigenvalue weighted by atomic mass is 19.4. The second-order valence-corrected chi connectivity index (χ2v) is 7.52. The lowest BCUT2D eigenvalue weighted by molar-refractivity contribution is -0.274. The molecule has 1 aliphatic carbocycles. The molecule has 3 aromatic rings. The third-order valence-electron chi connectivity index (χ3n) is 5.42. The first-order valence-electron chi connectivity index (χ1n) is 9.87. The predicted octanol–water partition coefficient (Wildman–Crippen LogP) is 4.70. The van der Waals surface area contributed by atoms with Gasteiger partial charge < -0.3 is 19.7 Å². The lowest BCUT2D eigenvalue weighted by Crippen LogP contribution is -2.45. The van der Waals surface area contributed by atoms with Crippen LogP contribution < -0.4 is 10.1 Å². The summed E-state index contributed by atoms with van der Waals surface area (Å²) in [5.74, 6) is -1.50. The molecule has 0 aliphatic heterocycles. The van der Waals surface area contributed by atoms with E-state index < -0.39 is 30.2 Å². The monoisotopic (exact) mass is 436 g/mol. The number of carbonyl (C=O) groups excluding carboxylic acids is 1. The second kappa shape index (κ2) is 8.22. The number of nitrogens with one attached hydrogen (secondary N) is 1. The van der Waals surface area contributed by atoms with Crippen LogP contribution in [0.2, 0.25) is 0 Å². The molecular formula is C22H20F4N2O3. The normalized spacial score (nSPS) is 19.4. The van der Waals surface area contributed by atoms with Crippen LogP contribution in [0.3, 0.4) is 0 Å². The van der Waals surface area contributed by atoms with E-state index in [2.05, 4.69) is 10.1 Å². The fraction of sp³-hybridized carbons (Fsp3) is 0.318. The molecule has 0 spiro atoms. The molecule has 0 saturated heterocycles. The van der Waals surface area contributed by atoms with Gasteiger partial charge in [0.15, 0.2) is 0 Å². The van der Waals surface area contributed by atoms with Crippen LogP contribution >= 0.6 is 0 Å². The van der Waals surface area contributed by atoms with E-state index in [1.54, 1.807) is 6.07 Å². The van der Waals surface area contributed by atoms with E-state index >= 15 is 0 Å². The molecule has 4 rings (SSSR count). The summed E-state index contributed by atoms with van der Waals surface area (Å²) in [5, 5.41) is 13.0. The molecule has 0 unspecified atom stereocenters. The van der Waals surface area contributed by atoms with Crippen molar-refractivity contribution in [3.63, 3.8) is 0 Å². The Morgan fingerprint density at radius 3 is 2.48 bits per heavy atom. The van der Waals surface area contributed by atoms with E-state index in [1.165, 1.54) is 35.0 Å². The van der Waals surface area contributed by atoms with Gasteiger partial charge in [-0.2, -0.15) is 0 Å². The van der Waals surface area contributed by atoms with Crippen molar-refractivity contribution in [3.05, 3.63) is 60.0 Å². The van der Waals surface area contributed by atoms with Crippen LogP contribution in [0.25, 0.3) is 16.6 Å². The molecule has 31 heavy (non-hydrogen) atoms. The number of nitrogens with zero attached hydrogens (tertiary/aromatic N) is 1. The number of fused-ring (bicyclic) bond motifs is 1. The SMILES string of the molecule is O=C(N[C@H]1CCCC[C@@H]1O)c1cn(-c2ccc(OC(F)(F)F)cc2)c2cccc(F)c12. The largest absolute Gasteiger partial charge is 0.573 e. The highest BCUT2D eigenvalue weighted by Gasteiger charge is 2.31. The summed E-state index contributed by atoms with van der Waals surface area (Å²) in [4.78, 5) is 12.9. The van der Waals surface area contributed by atoms with Gasteiger partial charge in [-0.3, -0.25) is 4.79 Å². The quantitative estimate of drug-likeness (QED) is 0.583. The van der Waals surface area contributed by atoms with E-state index in [-0.39, 0.29) is 16.7 Å². The van der Waals surface area contributed by atoms with Crippen LogP contribution in [-0.2, 0) is 0 Å². The molecule has 9 heteroatoms. The summed E-state index contributed by atoms with van der Waals surface area (Å²) in [6.45, 7) is 0. The zero-order chi connectivity index (χ0) is 22.2. The van der Waals surface area contributed by atoms with Gasteiger partial charge in [0, 0.05) is 17.3 Å². The number of alkyl halides is 3. The molecule has 1 heterocycles. The number of amides is 1. The van der Waals surface area contributed by atoms with Crippen molar-refractivity contribution in [1.82, 2.24) is 9.88 Å².